The van der Waals surface area contributed by atoms with Crippen LogP contribution in [0.15, 0.2) is 36.4 Å². The molecule has 0 bridgehead atoms. The number of fused-ring (bicyclic) bond motifs is 1. The van der Waals surface area contributed by atoms with Crippen LogP contribution >= 0.6 is 23.2 Å². The molecule has 0 nitrogen and oxygen atoms in total. The predicted molar refractivity (Wildman–Crippen MR) is 82.2 cm³/mol. The van der Waals surface area contributed by atoms with Crippen molar-refractivity contribution in [1.82, 2.24) is 0 Å². The second kappa shape index (κ2) is 5.75. The first kappa shape index (κ1) is 13.9. The van der Waals surface area contributed by atoms with Gasteiger partial charge < -0.3 is 0 Å². The average molecular weight is 309 g/mol. The molecule has 1 aliphatic carbocycles. The maximum absolute atomic E-state index is 13.2. The van der Waals surface area contributed by atoms with Crippen molar-refractivity contribution in [3.8, 4) is 0 Å². The molecular formula is C17H15Cl2F. The van der Waals surface area contributed by atoms with Crippen LogP contribution in [0.2, 0.25) is 5.02 Å². The molecule has 20 heavy (non-hydrogen) atoms. The zero-order chi connectivity index (χ0) is 14.1. The minimum atomic E-state index is -0.412. The summed E-state index contributed by atoms with van der Waals surface area (Å²) in [6.07, 6.45) is 4.79. The van der Waals surface area contributed by atoms with Crippen molar-refractivity contribution in [3.63, 3.8) is 0 Å². The fourth-order valence-electron chi connectivity index (χ4n) is 2.77. The summed E-state index contributed by atoms with van der Waals surface area (Å²) < 4.78 is 13.2. The first-order valence-corrected chi connectivity index (χ1v) is 7.67. The smallest absolute Gasteiger partial charge is 0.141 e. The highest BCUT2D eigenvalue weighted by Crippen LogP contribution is 2.33. The van der Waals surface area contributed by atoms with E-state index in [4.69, 9.17) is 23.2 Å². The van der Waals surface area contributed by atoms with E-state index in [1.54, 1.807) is 12.1 Å². The van der Waals surface area contributed by atoms with Crippen LogP contribution in [-0.2, 0) is 12.8 Å². The second-order valence-electron chi connectivity index (χ2n) is 5.27. The molecule has 1 unspecified atom stereocenters. The van der Waals surface area contributed by atoms with E-state index in [2.05, 4.69) is 18.2 Å². The lowest BCUT2D eigenvalue weighted by Gasteiger charge is -2.18. The van der Waals surface area contributed by atoms with Gasteiger partial charge in [-0.25, -0.2) is 4.39 Å². The lowest BCUT2D eigenvalue weighted by molar-refractivity contribution is 0.627. The minimum absolute atomic E-state index is 0.117. The molecule has 0 aliphatic heterocycles. The van der Waals surface area contributed by atoms with Crippen LogP contribution in [-0.4, -0.2) is 0 Å². The van der Waals surface area contributed by atoms with Crippen molar-refractivity contribution in [2.75, 3.05) is 0 Å². The molecule has 0 saturated heterocycles. The van der Waals surface area contributed by atoms with Crippen LogP contribution in [0.1, 0.15) is 40.5 Å². The van der Waals surface area contributed by atoms with E-state index in [0.29, 0.717) is 0 Å². The van der Waals surface area contributed by atoms with Crippen LogP contribution in [0.5, 0.6) is 0 Å². The normalized spacial score (nSPS) is 15.8. The van der Waals surface area contributed by atoms with Crippen molar-refractivity contribution in [1.29, 1.82) is 0 Å². The van der Waals surface area contributed by atoms with Gasteiger partial charge in [0.1, 0.15) is 5.82 Å². The third kappa shape index (κ3) is 2.70. The molecule has 3 heteroatoms. The van der Waals surface area contributed by atoms with E-state index in [9.17, 15) is 4.39 Å². The Bertz CT molecular complexity index is 637. The Kier molecular flexibility index (Phi) is 4.00. The van der Waals surface area contributed by atoms with Crippen LogP contribution in [0, 0.1) is 5.82 Å². The Morgan fingerprint density at radius 2 is 1.55 bits per heavy atom. The Morgan fingerprint density at radius 3 is 2.30 bits per heavy atom. The third-order valence-corrected chi connectivity index (χ3v) is 4.70. The zero-order valence-electron chi connectivity index (χ0n) is 11.0. The Balaban J connectivity index is 1.93. The molecule has 0 aromatic heterocycles. The number of aryl methyl sites for hydroxylation is 2. The largest absolute Gasteiger partial charge is 0.205 e. The van der Waals surface area contributed by atoms with Crippen LogP contribution in [0.4, 0.5) is 4.39 Å². The molecule has 0 heterocycles. The van der Waals surface area contributed by atoms with Crippen molar-refractivity contribution in [2.45, 2.75) is 31.1 Å². The highest BCUT2D eigenvalue weighted by atomic mass is 35.5. The summed E-state index contributed by atoms with van der Waals surface area (Å²) in [6.45, 7) is 0. The molecule has 1 atom stereocenters. The van der Waals surface area contributed by atoms with Gasteiger partial charge in [0, 0.05) is 0 Å². The number of rotatable bonds is 2. The highest BCUT2D eigenvalue weighted by Gasteiger charge is 2.16. The quantitative estimate of drug-likeness (QED) is 0.625. The predicted octanol–water partition coefficient (Wildman–Crippen LogP) is 5.69. The van der Waals surface area contributed by atoms with Crippen LogP contribution in [0.25, 0.3) is 0 Å². The lowest BCUT2D eigenvalue weighted by Crippen LogP contribution is -2.04. The number of halogens is 3. The first-order valence-electron chi connectivity index (χ1n) is 6.86. The Labute approximate surface area is 128 Å². The average Bonchev–Trinajstić information content (AvgIpc) is 2.49. The molecule has 0 saturated carbocycles. The van der Waals surface area contributed by atoms with Gasteiger partial charge in [-0.3, -0.25) is 0 Å². The first-order chi connectivity index (χ1) is 9.65. The van der Waals surface area contributed by atoms with Crippen LogP contribution < -0.4 is 0 Å². The molecule has 0 fully saturated rings. The molecule has 104 valence electrons. The van der Waals surface area contributed by atoms with Gasteiger partial charge in [0.05, 0.1) is 10.4 Å². The summed E-state index contributed by atoms with van der Waals surface area (Å²) in [5.74, 6) is -0.412. The molecule has 2 aromatic rings. The van der Waals surface area contributed by atoms with Crippen molar-refractivity contribution in [3.05, 3.63) is 69.5 Å². The van der Waals surface area contributed by atoms with Gasteiger partial charge in [0.25, 0.3) is 0 Å². The molecule has 3 rings (SSSR count). The standard InChI is InChI=1S/C17H15Cl2F/c18-15-10-14(7-8-16(15)20)17(19)13-6-5-11-3-1-2-4-12(11)9-13/h5-10,17H,1-4H2. The minimum Gasteiger partial charge on any atom is -0.205 e. The van der Waals surface area contributed by atoms with E-state index < -0.39 is 5.82 Å². The van der Waals surface area contributed by atoms with Crippen molar-refractivity contribution >= 4 is 23.2 Å². The van der Waals surface area contributed by atoms with E-state index in [0.717, 1.165) is 24.0 Å². The Hall–Kier alpha value is -1.05. The van der Waals surface area contributed by atoms with Crippen molar-refractivity contribution < 1.29 is 4.39 Å². The van der Waals surface area contributed by atoms with Gasteiger partial charge in [-0.05, 0) is 60.1 Å². The summed E-state index contributed by atoms with van der Waals surface area (Å²) in [7, 11) is 0. The van der Waals surface area contributed by atoms with E-state index in [-0.39, 0.29) is 10.4 Å². The number of alkyl halides is 1. The molecule has 0 amide bonds. The molecule has 0 radical (unpaired) electrons. The monoisotopic (exact) mass is 308 g/mol. The zero-order valence-corrected chi connectivity index (χ0v) is 12.5. The van der Waals surface area contributed by atoms with Gasteiger partial charge in [-0.2, -0.15) is 0 Å². The maximum atomic E-state index is 13.2. The van der Waals surface area contributed by atoms with Gasteiger partial charge in [0.15, 0.2) is 0 Å². The SMILES string of the molecule is Fc1ccc(C(Cl)c2ccc3c(c2)CCCC3)cc1Cl. The summed E-state index contributed by atoms with van der Waals surface area (Å²) >= 11 is 12.3. The lowest BCUT2D eigenvalue weighted by atomic mass is 9.89. The summed E-state index contributed by atoms with van der Waals surface area (Å²) in [6, 6.07) is 11.1. The molecule has 2 aromatic carbocycles. The maximum Gasteiger partial charge on any atom is 0.141 e. The van der Waals surface area contributed by atoms with E-state index in [1.165, 1.54) is 30.0 Å². The third-order valence-electron chi connectivity index (χ3n) is 3.90. The van der Waals surface area contributed by atoms with Gasteiger partial charge in [-0.15, -0.1) is 11.6 Å². The molecule has 0 N–H and O–H groups in total. The van der Waals surface area contributed by atoms with Crippen LogP contribution in [0.3, 0.4) is 0 Å². The van der Waals surface area contributed by atoms with Gasteiger partial charge in [0.2, 0.25) is 0 Å². The highest BCUT2D eigenvalue weighted by molar-refractivity contribution is 6.31. The molecule has 1 aliphatic rings. The number of hydrogen-bond donors (Lipinski definition) is 0. The number of hydrogen-bond acceptors (Lipinski definition) is 0. The molecular weight excluding hydrogens is 294 g/mol. The van der Waals surface area contributed by atoms with E-state index >= 15 is 0 Å². The van der Waals surface area contributed by atoms with Gasteiger partial charge in [-0.1, -0.05) is 35.9 Å². The fraction of sp³-hybridized carbons (Fsp3) is 0.294. The van der Waals surface area contributed by atoms with Crippen molar-refractivity contribution in [2.24, 2.45) is 0 Å². The number of benzene rings is 2. The molecule has 0 spiro atoms. The summed E-state index contributed by atoms with van der Waals surface area (Å²) in [5, 5.41) is -0.175. The summed E-state index contributed by atoms with van der Waals surface area (Å²) in [5.41, 5.74) is 4.71. The Morgan fingerprint density at radius 1 is 0.900 bits per heavy atom. The van der Waals surface area contributed by atoms with E-state index in [1.807, 2.05) is 0 Å². The topological polar surface area (TPSA) is 0 Å². The van der Waals surface area contributed by atoms with Gasteiger partial charge >= 0.3 is 0 Å². The fourth-order valence-corrected chi connectivity index (χ4v) is 3.23. The second-order valence-corrected chi connectivity index (χ2v) is 6.11. The summed E-state index contributed by atoms with van der Waals surface area (Å²) in [4.78, 5) is 0.